The van der Waals surface area contributed by atoms with Crippen LogP contribution in [0.3, 0.4) is 0 Å². The van der Waals surface area contributed by atoms with Crippen LogP contribution in [0.4, 0.5) is 18.9 Å². The van der Waals surface area contributed by atoms with Crippen molar-refractivity contribution in [3.8, 4) is 5.75 Å². The van der Waals surface area contributed by atoms with Gasteiger partial charge in [0.25, 0.3) is 0 Å². The zero-order valence-electron chi connectivity index (χ0n) is 10.9. The highest BCUT2D eigenvalue weighted by Gasteiger charge is 2.33. The van der Waals surface area contributed by atoms with E-state index in [4.69, 9.17) is 0 Å². The Kier molecular flexibility index (Phi) is 4.77. The summed E-state index contributed by atoms with van der Waals surface area (Å²) in [6.07, 6.45) is -3.83. The lowest BCUT2D eigenvalue weighted by Crippen LogP contribution is -2.12. The van der Waals surface area contributed by atoms with E-state index in [2.05, 4.69) is 21.2 Å². The highest BCUT2D eigenvalue weighted by atomic mass is 79.9. The first kappa shape index (κ1) is 15.7. The molecule has 2 aromatic carbocycles. The monoisotopic (exact) mass is 359 g/mol. The van der Waals surface area contributed by atoms with Gasteiger partial charge in [0.05, 0.1) is 5.56 Å². The van der Waals surface area contributed by atoms with E-state index in [1.165, 1.54) is 12.1 Å². The molecule has 2 N–H and O–H groups in total. The van der Waals surface area contributed by atoms with E-state index in [9.17, 15) is 18.3 Å². The number of hydrogen-bond donors (Lipinski definition) is 2. The van der Waals surface area contributed by atoms with Gasteiger partial charge in [0.1, 0.15) is 5.75 Å². The maximum absolute atomic E-state index is 12.9. The second kappa shape index (κ2) is 6.39. The first-order valence-corrected chi connectivity index (χ1v) is 7.04. The minimum atomic E-state index is -4.39. The van der Waals surface area contributed by atoms with Gasteiger partial charge in [-0.25, -0.2) is 0 Å². The van der Waals surface area contributed by atoms with Crippen LogP contribution in [0.15, 0.2) is 46.9 Å². The largest absolute Gasteiger partial charge is 0.508 e. The van der Waals surface area contributed by atoms with Gasteiger partial charge in [-0.2, -0.15) is 13.2 Å². The normalized spacial score (nSPS) is 11.4. The van der Waals surface area contributed by atoms with Crippen molar-refractivity contribution in [1.82, 2.24) is 0 Å². The third-order valence-electron chi connectivity index (χ3n) is 2.95. The molecule has 0 heterocycles. The van der Waals surface area contributed by atoms with Crippen LogP contribution in [0.2, 0.25) is 0 Å². The predicted molar refractivity (Wildman–Crippen MR) is 79.4 cm³/mol. The molecule has 0 amide bonds. The molecule has 0 saturated carbocycles. The molecule has 2 nitrogen and oxygen atoms in total. The predicted octanol–water partition coefficient (Wildman–Crippen LogP) is 4.83. The lowest BCUT2D eigenvalue weighted by Gasteiger charge is -2.15. The number of hydrogen-bond acceptors (Lipinski definition) is 2. The van der Waals surface area contributed by atoms with E-state index < -0.39 is 11.7 Å². The first-order valence-electron chi connectivity index (χ1n) is 6.25. The van der Waals surface area contributed by atoms with Crippen molar-refractivity contribution in [3.05, 3.63) is 58.1 Å². The fourth-order valence-corrected chi connectivity index (χ4v) is 2.28. The summed E-state index contributed by atoms with van der Waals surface area (Å²) in [5.74, 6) is 0.165. The molecule has 0 spiro atoms. The van der Waals surface area contributed by atoms with Crippen LogP contribution in [-0.4, -0.2) is 11.7 Å². The van der Waals surface area contributed by atoms with Gasteiger partial charge >= 0.3 is 6.18 Å². The maximum Gasteiger partial charge on any atom is 0.418 e. The molecule has 2 rings (SSSR count). The third-order valence-corrected chi connectivity index (χ3v) is 3.45. The van der Waals surface area contributed by atoms with Crippen LogP contribution in [0.1, 0.15) is 11.1 Å². The molecule has 0 aromatic heterocycles. The summed E-state index contributed by atoms with van der Waals surface area (Å²) < 4.78 is 39.3. The zero-order chi connectivity index (χ0) is 15.5. The van der Waals surface area contributed by atoms with Gasteiger partial charge in [-0.3, -0.25) is 0 Å². The summed E-state index contributed by atoms with van der Waals surface area (Å²) in [5.41, 5.74) is 0.302. The number of phenols is 1. The Morgan fingerprint density at radius 3 is 2.33 bits per heavy atom. The van der Waals surface area contributed by atoms with Crippen LogP contribution in [0, 0.1) is 0 Å². The molecular formula is C15H13BrF3NO. The molecular weight excluding hydrogens is 347 g/mol. The molecule has 21 heavy (non-hydrogen) atoms. The van der Waals surface area contributed by atoms with Crippen LogP contribution in [-0.2, 0) is 12.6 Å². The van der Waals surface area contributed by atoms with Crippen LogP contribution >= 0.6 is 15.9 Å². The minimum Gasteiger partial charge on any atom is -0.508 e. The van der Waals surface area contributed by atoms with E-state index in [1.54, 1.807) is 24.3 Å². The number of anilines is 1. The summed E-state index contributed by atoms with van der Waals surface area (Å²) in [7, 11) is 0. The SMILES string of the molecule is Oc1ccc(CCNc2cc(Br)ccc2C(F)(F)F)cc1. The van der Waals surface area contributed by atoms with Gasteiger partial charge in [0.15, 0.2) is 0 Å². The van der Waals surface area contributed by atoms with E-state index in [0.717, 1.165) is 11.6 Å². The Morgan fingerprint density at radius 1 is 1.05 bits per heavy atom. The number of benzene rings is 2. The second-order valence-corrected chi connectivity index (χ2v) is 5.45. The van der Waals surface area contributed by atoms with Crippen molar-refractivity contribution in [2.75, 3.05) is 11.9 Å². The molecule has 0 bridgehead atoms. The molecule has 2 aromatic rings. The van der Waals surface area contributed by atoms with Crippen molar-refractivity contribution < 1.29 is 18.3 Å². The van der Waals surface area contributed by atoms with Gasteiger partial charge in [0, 0.05) is 16.7 Å². The van der Waals surface area contributed by atoms with Crippen molar-refractivity contribution in [2.24, 2.45) is 0 Å². The Morgan fingerprint density at radius 2 is 1.71 bits per heavy atom. The van der Waals surface area contributed by atoms with Crippen molar-refractivity contribution in [1.29, 1.82) is 0 Å². The number of halogens is 4. The topological polar surface area (TPSA) is 32.3 Å². The Bertz CT molecular complexity index is 611. The lowest BCUT2D eigenvalue weighted by molar-refractivity contribution is -0.136. The molecule has 0 aliphatic heterocycles. The molecule has 0 fully saturated rings. The van der Waals surface area contributed by atoms with Crippen molar-refractivity contribution >= 4 is 21.6 Å². The fraction of sp³-hybridized carbons (Fsp3) is 0.200. The Balaban J connectivity index is 2.06. The number of alkyl halides is 3. The number of phenolic OH excluding ortho intramolecular Hbond substituents is 1. The van der Waals surface area contributed by atoms with E-state index in [-0.39, 0.29) is 11.4 Å². The molecule has 6 heteroatoms. The zero-order valence-corrected chi connectivity index (χ0v) is 12.5. The molecule has 0 saturated heterocycles. The lowest BCUT2D eigenvalue weighted by atomic mass is 10.1. The molecule has 0 aliphatic carbocycles. The number of nitrogens with one attached hydrogen (secondary N) is 1. The molecule has 0 radical (unpaired) electrons. The quantitative estimate of drug-likeness (QED) is 0.819. The van der Waals surface area contributed by atoms with Gasteiger partial charge in [-0.15, -0.1) is 0 Å². The fourth-order valence-electron chi connectivity index (χ4n) is 1.91. The Labute approximate surface area is 128 Å². The van der Waals surface area contributed by atoms with Gasteiger partial charge < -0.3 is 10.4 Å². The van der Waals surface area contributed by atoms with Crippen LogP contribution in [0.5, 0.6) is 5.75 Å². The van der Waals surface area contributed by atoms with Crippen LogP contribution < -0.4 is 5.32 Å². The Hall–Kier alpha value is -1.69. The summed E-state index contributed by atoms with van der Waals surface area (Å²) in [5, 5.41) is 12.0. The van der Waals surface area contributed by atoms with E-state index >= 15 is 0 Å². The average molecular weight is 360 g/mol. The number of aromatic hydroxyl groups is 1. The molecule has 0 atom stereocenters. The van der Waals surface area contributed by atoms with E-state index in [0.29, 0.717) is 17.4 Å². The molecule has 0 unspecified atom stereocenters. The standard InChI is InChI=1S/C15H13BrF3NO/c16-11-3-6-13(15(17,18)19)14(9-11)20-8-7-10-1-4-12(21)5-2-10/h1-6,9,20-21H,7-8H2. The van der Waals surface area contributed by atoms with Crippen molar-refractivity contribution in [2.45, 2.75) is 12.6 Å². The van der Waals surface area contributed by atoms with Crippen LogP contribution in [0.25, 0.3) is 0 Å². The number of rotatable bonds is 4. The highest BCUT2D eigenvalue weighted by Crippen LogP contribution is 2.36. The van der Waals surface area contributed by atoms with Gasteiger partial charge in [-0.05, 0) is 42.3 Å². The minimum absolute atomic E-state index is 0.0515. The van der Waals surface area contributed by atoms with Gasteiger partial charge in [0.2, 0.25) is 0 Å². The first-order chi connectivity index (χ1) is 9.86. The summed E-state index contributed by atoms with van der Waals surface area (Å²) >= 11 is 3.17. The summed E-state index contributed by atoms with van der Waals surface area (Å²) in [6, 6.07) is 10.4. The molecule has 0 aliphatic rings. The smallest absolute Gasteiger partial charge is 0.418 e. The third kappa shape index (κ3) is 4.39. The summed E-state index contributed by atoms with van der Waals surface area (Å²) in [6.45, 7) is 0.365. The molecule has 112 valence electrons. The second-order valence-electron chi connectivity index (χ2n) is 4.53. The summed E-state index contributed by atoms with van der Waals surface area (Å²) in [4.78, 5) is 0. The average Bonchev–Trinajstić information content (AvgIpc) is 2.40. The van der Waals surface area contributed by atoms with Gasteiger partial charge in [-0.1, -0.05) is 28.1 Å². The maximum atomic E-state index is 12.9. The highest BCUT2D eigenvalue weighted by molar-refractivity contribution is 9.10. The van der Waals surface area contributed by atoms with E-state index in [1.807, 2.05) is 0 Å². The van der Waals surface area contributed by atoms with Crippen molar-refractivity contribution in [3.63, 3.8) is 0 Å².